The van der Waals surface area contributed by atoms with Crippen LogP contribution in [0.2, 0.25) is 0 Å². The Morgan fingerprint density at radius 2 is 1.06 bits per heavy atom. The predicted octanol–water partition coefficient (Wildman–Crippen LogP) is -4.90. The molecule has 0 bridgehead atoms. The molecular formula is C8H19NO7. The predicted molar refractivity (Wildman–Crippen MR) is 52.2 cm³/mol. The fourth-order valence-corrected chi connectivity index (χ4v) is 1.11. The number of aliphatic hydroxyl groups excluding tert-OH is 7. The van der Waals surface area contributed by atoms with E-state index in [1.807, 2.05) is 0 Å². The summed E-state index contributed by atoms with van der Waals surface area (Å²) in [4.78, 5) is 0. The van der Waals surface area contributed by atoms with Gasteiger partial charge in [0, 0.05) is 6.54 Å². The van der Waals surface area contributed by atoms with Gasteiger partial charge in [0.1, 0.15) is 30.5 Å². The molecule has 0 unspecified atom stereocenters. The molecule has 16 heavy (non-hydrogen) atoms. The highest BCUT2D eigenvalue weighted by Gasteiger charge is 2.36. The third kappa shape index (κ3) is 3.92. The first kappa shape index (κ1) is 15.7. The van der Waals surface area contributed by atoms with Crippen LogP contribution < -0.4 is 5.73 Å². The van der Waals surface area contributed by atoms with E-state index in [-0.39, 0.29) is 6.54 Å². The van der Waals surface area contributed by atoms with E-state index in [4.69, 9.17) is 21.1 Å². The highest BCUT2D eigenvalue weighted by Crippen LogP contribution is 2.10. The first-order valence-corrected chi connectivity index (χ1v) is 4.76. The number of aliphatic hydroxyl groups is 7. The van der Waals surface area contributed by atoms with Crippen LogP contribution >= 0.6 is 0 Å². The first-order chi connectivity index (χ1) is 7.36. The molecule has 9 N–H and O–H groups in total. The van der Waals surface area contributed by atoms with E-state index in [1.165, 1.54) is 0 Å². The van der Waals surface area contributed by atoms with Crippen molar-refractivity contribution in [2.45, 2.75) is 36.6 Å². The Labute approximate surface area is 92.2 Å². The van der Waals surface area contributed by atoms with E-state index in [9.17, 15) is 20.4 Å². The third-order valence-electron chi connectivity index (χ3n) is 2.27. The number of rotatable bonds is 7. The van der Waals surface area contributed by atoms with Gasteiger partial charge in [0.2, 0.25) is 0 Å². The summed E-state index contributed by atoms with van der Waals surface area (Å²) in [7, 11) is 0. The summed E-state index contributed by atoms with van der Waals surface area (Å²) in [5.41, 5.74) is 5.02. The summed E-state index contributed by atoms with van der Waals surface area (Å²) in [5.74, 6) is 0. The van der Waals surface area contributed by atoms with Crippen LogP contribution in [-0.2, 0) is 0 Å². The van der Waals surface area contributed by atoms with E-state index in [2.05, 4.69) is 0 Å². The molecule has 0 aliphatic heterocycles. The second-order valence-electron chi connectivity index (χ2n) is 3.52. The molecule has 0 saturated heterocycles. The van der Waals surface area contributed by atoms with Gasteiger partial charge in [-0.05, 0) is 0 Å². The minimum absolute atomic E-state index is 0.344. The van der Waals surface area contributed by atoms with Crippen molar-refractivity contribution in [3.8, 4) is 0 Å². The Hall–Kier alpha value is -0.320. The largest absolute Gasteiger partial charge is 0.394 e. The van der Waals surface area contributed by atoms with Gasteiger partial charge in [0.05, 0.1) is 12.7 Å². The monoisotopic (exact) mass is 241 g/mol. The van der Waals surface area contributed by atoms with Gasteiger partial charge in [0.25, 0.3) is 0 Å². The summed E-state index contributed by atoms with van der Waals surface area (Å²) in [6.07, 6.45) is -10.6. The van der Waals surface area contributed by atoms with Crippen molar-refractivity contribution in [1.82, 2.24) is 0 Å². The molecule has 0 saturated carbocycles. The zero-order chi connectivity index (χ0) is 12.9. The van der Waals surface area contributed by atoms with Crippen LogP contribution in [0.25, 0.3) is 0 Å². The summed E-state index contributed by atoms with van der Waals surface area (Å²) in [5, 5.41) is 63.7. The Morgan fingerprint density at radius 3 is 1.38 bits per heavy atom. The molecule has 98 valence electrons. The topological polar surface area (TPSA) is 168 Å². The summed E-state index contributed by atoms with van der Waals surface area (Å²) < 4.78 is 0. The van der Waals surface area contributed by atoms with Gasteiger partial charge in [-0.1, -0.05) is 0 Å². The lowest BCUT2D eigenvalue weighted by Gasteiger charge is -2.30. The fraction of sp³-hybridized carbons (Fsp3) is 1.00. The molecule has 0 radical (unpaired) electrons. The number of hydrogen-bond acceptors (Lipinski definition) is 8. The maximum absolute atomic E-state index is 9.33. The average Bonchev–Trinajstić information content (AvgIpc) is 2.32. The maximum atomic E-state index is 9.33. The van der Waals surface area contributed by atoms with Crippen LogP contribution in [0, 0.1) is 0 Å². The first-order valence-electron chi connectivity index (χ1n) is 4.76. The van der Waals surface area contributed by atoms with Crippen LogP contribution in [0.4, 0.5) is 0 Å². The molecule has 0 aromatic rings. The molecule has 0 aromatic carbocycles. The Bertz CT molecular complexity index is 173. The highest BCUT2D eigenvalue weighted by atomic mass is 16.4. The van der Waals surface area contributed by atoms with Crippen molar-refractivity contribution in [3.05, 3.63) is 0 Å². The quantitative estimate of drug-likeness (QED) is 0.219. The van der Waals surface area contributed by atoms with E-state index < -0.39 is 43.2 Å². The van der Waals surface area contributed by atoms with Crippen molar-refractivity contribution in [2.24, 2.45) is 5.73 Å². The van der Waals surface area contributed by atoms with Gasteiger partial charge < -0.3 is 41.5 Å². The minimum Gasteiger partial charge on any atom is -0.394 e. The summed E-state index contributed by atoms with van der Waals surface area (Å²) >= 11 is 0. The lowest BCUT2D eigenvalue weighted by Crippen LogP contribution is -2.53. The smallest absolute Gasteiger partial charge is 0.111 e. The van der Waals surface area contributed by atoms with Gasteiger partial charge >= 0.3 is 0 Å². The van der Waals surface area contributed by atoms with Gasteiger partial charge in [-0.15, -0.1) is 0 Å². The van der Waals surface area contributed by atoms with Crippen LogP contribution in [0.15, 0.2) is 0 Å². The van der Waals surface area contributed by atoms with E-state index in [0.29, 0.717) is 0 Å². The molecule has 0 aliphatic carbocycles. The van der Waals surface area contributed by atoms with Crippen molar-refractivity contribution >= 4 is 0 Å². The SMILES string of the molecule is NC[C@H](O)[C@H](O)[C@H](O)[C@H](O)[C@@H](O)[C@@H](O)CO. The average molecular weight is 241 g/mol. The van der Waals surface area contributed by atoms with Crippen LogP contribution in [0.3, 0.4) is 0 Å². The van der Waals surface area contributed by atoms with Crippen molar-refractivity contribution < 1.29 is 35.7 Å². The summed E-state index contributed by atoms with van der Waals surface area (Å²) in [6, 6.07) is 0. The number of nitrogens with two attached hydrogens (primary N) is 1. The van der Waals surface area contributed by atoms with Gasteiger partial charge in [0.15, 0.2) is 0 Å². The highest BCUT2D eigenvalue weighted by molar-refractivity contribution is 4.87. The molecule has 8 heteroatoms. The second-order valence-corrected chi connectivity index (χ2v) is 3.52. The van der Waals surface area contributed by atoms with Gasteiger partial charge in [-0.3, -0.25) is 0 Å². The fourth-order valence-electron chi connectivity index (χ4n) is 1.11. The van der Waals surface area contributed by atoms with Crippen molar-refractivity contribution in [1.29, 1.82) is 0 Å². The molecule has 0 amide bonds. The third-order valence-corrected chi connectivity index (χ3v) is 2.27. The molecule has 6 atom stereocenters. The maximum Gasteiger partial charge on any atom is 0.111 e. The second kappa shape index (κ2) is 7.09. The molecule has 0 aliphatic rings. The zero-order valence-electron chi connectivity index (χ0n) is 8.59. The Kier molecular flexibility index (Phi) is 6.95. The molecule has 0 aromatic heterocycles. The van der Waals surface area contributed by atoms with Crippen molar-refractivity contribution in [2.75, 3.05) is 13.2 Å². The Morgan fingerprint density at radius 1 is 0.688 bits per heavy atom. The molecule has 0 fully saturated rings. The van der Waals surface area contributed by atoms with Crippen molar-refractivity contribution in [3.63, 3.8) is 0 Å². The van der Waals surface area contributed by atoms with Crippen LogP contribution in [0.1, 0.15) is 0 Å². The van der Waals surface area contributed by atoms with Gasteiger partial charge in [-0.25, -0.2) is 0 Å². The molecule has 0 spiro atoms. The molecule has 0 rings (SSSR count). The van der Waals surface area contributed by atoms with Crippen LogP contribution in [-0.4, -0.2) is 85.5 Å². The van der Waals surface area contributed by atoms with E-state index in [1.54, 1.807) is 0 Å². The summed E-state index contributed by atoms with van der Waals surface area (Å²) in [6.45, 7) is -1.16. The van der Waals surface area contributed by atoms with Crippen LogP contribution in [0.5, 0.6) is 0 Å². The number of hydrogen-bond donors (Lipinski definition) is 8. The zero-order valence-corrected chi connectivity index (χ0v) is 8.59. The standard InChI is InChI=1S/C8H19NO7/c9-1-3(11)5(13)7(15)8(16)6(14)4(12)2-10/h3-8,10-16H,1-2,9H2/t3-,4-,5-,6-,7-,8+/m0/s1. The lowest BCUT2D eigenvalue weighted by molar-refractivity contribution is -0.156. The minimum atomic E-state index is -1.92. The molecular weight excluding hydrogens is 222 g/mol. The van der Waals surface area contributed by atoms with E-state index in [0.717, 1.165) is 0 Å². The lowest BCUT2D eigenvalue weighted by atomic mass is 9.96. The van der Waals surface area contributed by atoms with E-state index >= 15 is 0 Å². The Balaban J connectivity index is 4.41. The van der Waals surface area contributed by atoms with Gasteiger partial charge in [-0.2, -0.15) is 0 Å². The molecule has 0 heterocycles. The normalized spacial score (nSPS) is 23.2. The molecule has 8 nitrogen and oxygen atoms in total.